The number of phenolic OH excluding ortho intramolecular Hbond substituents is 1. The summed E-state index contributed by atoms with van der Waals surface area (Å²) in [5.41, 5.74) is 0.495. The van der Waals surface area contributed by atoms with Crippen LogP contribution < -0.4 is 10.6 Å². The molecule has 1 rings (SSSR count). The van der Waals surface area contributed by atoms with E-state index in [-0.39, 0.29) is 17.4 Å². The smallest absolute Gasteiger partial charge is 0.327 e. The zero-order valence-corrected chi connectivity index (χ0v) is 12.4. The zero-order chi connectivity index (χ0) is 16.0. The Morgan fingerprint density at radius 1 is 1.24 bits per heavy atom. The summed E-state index contributed by atoms with van der Waals surface area (Å²) in [5.74, 6) is -1.83. The van der Waals surface area contributed by atoms with Gasteiger partial charge in [-0.3, -0.25) is 9.59 Å². The van der Waals surface area contributed by atoms with E-state index in [1.807, 2.05) is 0 Å². The molecule has 0 fully saturated rings. The average molecular weight is 312 g/mol. The van der Waals surface area contributed by atoms with Crippen molar-refractivity contribution < 1.29 is 24.6 Å². The Labute approximate surface area is 125 Å². The summed E-state index contributed by atoms with van der Waals surface area (Å²) in [4.78, 5) is 33.3. The zero-order valence-electron chi connectivity index (χ0n) is 11.5. The minimum Gasteiger partial charge on any atom is -0.507 e. The average Bonchev–Trinajstić information content (AvgIpc) is 2.36. The van der Waals surface area contributed by atoms with Gasteiger partial charge in [0.1, 0.15) is 11.8 Å². The number of carbonyl (C=O) groups is 3. The number of benzene rings is 1. The SMILES string of the molecule is CC(=O)Nc1ccc(O)c(SC[C@@H](NC(C)=O)C(=O)O)c1. The first-order valence-corrected chi connectivity index (χ1v) is 7.01. The Balaban J connectivity index is 2.78. The fraction of sp³-hybridized carbons (Fsp3) is 0.308. The molecule has 0 aliphatic rings. The molecule has 1 aromatic carbocycles. The Morgan fingerprint density at radius 2 is 1.90 bits per heavy atom. The Bertz CT molecular complexity index is 561. The number of carboxylic acids is 1. The first-order chi connectivity index (χ1) is 9.79. The Morgan fingerprint density at radius 3 is 2.43 bits per heavy atom. The number of carbonyl (C=O) groups excluding carboxylic acids is 2. The molecule has 0 saturated heterocycles. The summed E-state index contributed by atoms with van der Waals surface area (Å²) in [7, 11) is 0. The van der Waals surface area contributed by atoms with Crippen molar-refractivity contribution >= 4 is 35.2 Å². The van der Waals surface area contributed by atoms with Gasteiger partial charge >= 0.3 is 5.97 Å². The first-order valence-electron chi connectivity index (χ1n) is 6.03. The van der Waals surface area contributed by atoms with Crippen LogP contribution in [-0.2, 0) is 14.4 Å². The molecule has 0 spiro atoms. The summed E-state index contributed by atoms with van der Waals surface area (Å²) in [5, 5.41) is 23.6. The van der Waals surface area contributed by atoms with Crippen LogP contribution in [0.2, 0.25) is 0 Å². The van der Waals surface area contributed by atoms with E-state index in [2.05, 4.69) is 10.6 Å². The molecule has 1 aromatic rings. The highest BCUT2D eigenvalue weighted by Crippen LogP contribution is 2.31. The van der Waals surface area contributed by atoms with Crippen molar-refractivity contribution in [3.05, 3.63) is 18.2 Å². The van der Waals surface area contributed by atoms with Gasteiger partial charge in [0.2, 0.25) is 11.8 Å². The molecule has 0 unspecified atom stereocenters. The normalized spacial score (nSPS) is 11.5. The quantitative estimate of drug-likeness (QED) is 0.460. The van der Waals surface area contributed by atoms with E-state index in [9.17, 15) is 19.5 Å². The Kier molecular flexibility index (Phi) is 6.04. The molecule has 0 radical (unpaired) electrons. The van der Waals surface area contributed by atoms with Crippen LogP contribution in [0.1, 0.15) is 13.8 Å². The lowest BCUT2D eigenvalue weighted by Crippen LogP contribution is -2.41. The molecule has 0 aliphatic carbocycles. The molecule has 0 aliphatic heterocycles. The highest BCUT2D eigenvalue weighted by atomic mass is 32.2. The summed E-state index contributed by atoms with van der Waals surface area (Å²) >= 11 is 1.07. The number of nitrogens with one attached hydrogen (secondary N) is 2. The van der Waals surface area contributed by atoms with Crippen molar-refractivity contribution in [2.24, 2.45) is 0 Å². The fourth-order valence-electron chi connectivity index (χ4n) is 1.50. The molecule has 0 bridgehead atoms. The number of amides is 2. The summed E-state index contributed by atoms with van der Waals surface area (Å²) < 4.78 is 0. The number of anilines is 1. The molecule has 4 N–H and O–H groups in total. The molecule has 8 heteroatoms. The van der Waals surface area contributed by atoms with Crippen molar-refractivity contribution in [2.45, 2.75) is 24.8 Å². The maximum absolute atomic E-state index is 11.0. The molecule has 0 saturated carbocycles. The third-order valence-electron chi connectivity index (χ3n) is 2.36. The molecule has 114 valence electrons. The van der Waals surface area contributed by atoms with Crippen LogP contribution in [0, 0.1) is 0 Å². The molecule has 0 aromatic heterocycles. The topological polar surface area (TPSA) is 116 Å². The van der Waals surface area contributed by atoms with Gasteiger partial charge in [-0.05, 0) is 18.2 Å². The number of aromatic hydroxyl groups is 1. The molecule has 0 heterocycles. The third-order valence-corrected chi connectivity index (χ3v) is 3.50. The second kappa shape index (κ2) is 7.53. The molecule has 21 heavy (non-hydrogen) atoms. The van der Waals surface area contributed by atoms with E-state index in [4.69, 9.17) is 5.11 Å². The van der Waals surface area contributed by atoms with Gasteiger partial charge in [-0.2, -0.15) is 0 Å². The van der Waals surface area contributed by atoms with E-state index in [1.54, 1.807) is 0 Å². The number of thioether (sulfide) groups is 1. The van der Waals surface area contributed by atoms with E-state index in [0.717, 1.165) is 11.8 Å². The van der Waals surface area contributed by atoms with Crippen LogP contribution in [0.4, 0.5) is 5.69 Å². The monoisotopic (exact) mass is 312 g/mol. The molecule has 1 atom stereocenters. The number of carboxylic acid groups (broad SMARTS) is 1. The minimum atomic E-state index is -1.16. The molecular formula is C13H16N2O5S. The van der Waals surface area contributed by atoms with E-state index in [0.29, 0.717) is 10.6 Å². The van der Waals surface area contributed by atoms with Crippen molar-refractivity contribution in [3.63, 3.8) is 0 Å². The van der Waals surface area contributed by atoms with E-state index >= 15 is 0 Å². The van der Waals surface area contributed by atoms with Crippen LogP contribution in [0.15, 0.2) is 23.1 Å². The van der Waals surface area contributed by atoms with Gasteiger partial charge in [0, 0.05) is 25.3 Å². The second-order valence-electron chi connectivity index (χ2n) is 4.27. The summed E-state index contributed by atoms with van der Waals surface area (Å²) in [6.45, 7) is 2.59. The van der Waals surface area contributed by atoms with Crippen molar-refractivity contribution in [2.75, 3.05) is 11.1 Å². The fourth-order valence-corrected chi connectivity index (χ4v) is 2.50. The number of rotatable bonds is 6. The van der Waals surface area contributed by atoms with Gasteiger partial charge in [-0.15, -0.1) is 11.8 Å². The lowest BCUT2D eigenvalue weighted by atomic mass is 10.3. The number of phenols is 1. The lowest BCUT2D eigenvalue weighted by molar-refractivity contribution is -0.140. The van der Waals surface area contributed by atoms with Crippen LogP contribution in [0.3, 0.4) is 0 Å². The third kappa shape index (κ3) is 5.74. The van der Waals surface area contributed by atoms with Gasteiger partial charge in [0.15, 0.2) is 0 Å². The predicted octanol–water partition coefficient (Wildman–Crippen LogP) is 1.03. The molecule has 2 amide bonds. The van der Waals surface area contributed by atoms with Crippen molar-refractivity contribution in [3.8, 4) is 5.75 Å². The predicted molar refractivity (Wildman–Crippen MR) is 78.4 cm³/mol. The Hall–Kier alpha value is -2.22. The second-order valence-corrected chi connectivity index (χ2v) is 5.33. The first kappa shape index (κ1) is 16.8. The lowest BCUT2D eigenvalue weighted by Gasteiger charge is -2.14. The summed E-state index contributed by atoms with van der Waals surface area (Å²) in [6.07, 6.45) is 0. The van der Waals surface area contributed by atoms with Gasteiger partial charge in [-0.25, -0.2) is 4.79 Å². The molecular weight excluding hydrogens is 296 g/mol. The van der Waals surface area contributed by atoms with Crippen LogP contribution in [0.25, 0.3) is 0 Å². The van der Waals surface area contributed by atoms with E-state index in [1.165, 1.54) is 32.0 Å². The maximum Gasteiger partial charge on any atom is 0.327 e. The van der Waals surface area contributed by atoms with Gasteiger partial charge in [-0.1, -0.05) is 0 Å². The van der Waals surface area contributed by atoms with Gasteiger partial charge in [0.25, 0.3) is 0 Å². The highest BCUT2D eigenvalue weighted by molar-refractivity contribution is 7.99. The number of hydrogen-bond acceptors (Lipinski definition) is 5. The van der Waals surface area contributed by atoms with Gasteiger partial charge in [0.05, 0.1) is 4.90 Å². The van der Waals surface area contributed by atoms with Crippen molar-refractivity contribution in [1.29, 1.82) is 0 Å². The maximum atomic E-state index is 11.0. The highest BCUT2D eigenvalue weighted by Gasteiger charge is 2.19. The van der Waals surface area contributed by atoms with E-state index < -0.39 is 17.9 Å². The van der Waals surface area contributed by atoms with Crippen LogP contribution in [-0.4, -0.2) is 39.8 Å². The molecule has 7 nitrogen and oxygen atoms in total. The number of hydrogen-bond donors (Lipinski definition) is 4. The van der Waals surface area contributed by atoms with Crippen LogP contribution in [0.5, 0.6) is 5.75 Å². The van der Waals surface area contributed by atoms with Crippen molar-refractivity contribution in [1.82, 2.24) is 5.32 Å². The minimum absolute atomic E-state index is 0.0268. The summed E-state index contributed by atoms with van der Waals surface area (Å²) in [6, 6.07) is 3.41. The number of aliphatic carboxylic acids is 1. The standard InChI is InChI=1S/C13H16N2O5S/c1-7(16)14-9-3-4-11(18)12(5-9)21-6-10(13(19)20)15-8(2)17/h3-5,10,18H,6H2,1-2H3,(H,14,16)(H,15,17)(H,19,20)/t10-/m1/s1. The largest absolute Gasteiger partial charge is 0.507 e. The van der Waals surface area contributed by atoms with Crippen LogP contribution >= 0.6 is 11.8 Å². The van der Waals surface area contributed by atoms with Gasteiger partial charge < -0.3 is 20.8 Å².